The van der Waals surface area contributed by atoms with Crippen molar-refractivity contribution in [3.63, 3.8) is 0 Å². The van der Waals surface area contributed by atoms with Gasteiger partial charge in [-0.2, -0.15) is 0 Å². The van der Waals surface area contributed by atoms with Gasteiger partial charge < -0.3 is 20.9 Å². The number of rotatable bonds is 5. The van der Waals surface area contributed by atoms with Gasteiger partial charge in [0.1, 0.15) is 12.4 Å². The van der Waals surface area contributed by atoms with Gasteiger partial charge in [-0.3, -0.25) is 0 Å². The standard InChI is InChI=1S/C12H12N4O4/c13-12(19)20-6-5-14-9-7-3-1-2-4-8(7)15-10(16-9)11(17)18/h1-4H,5-6H2,(H2,13,19)(H,17,18)(H,14,15,16). The van der Waals surface area contributed by atoms with Crippen LogP contribution < -0.4 is 11.1 Å². The maximum Gasteiger partial charge on any atom is 0.404 e. The molecule has 1 aromatic carbocycles. The molecular formula is C12H12N4O4. The summed E-state index contributed by atoms with van der Waals surface area (Å²) < 4.78 is 4.57. The summed E-state index contributed by atoms with van der Waals surface area (Å²) in [5.41, 5.74) is 5.35. The highest BCUT2D eigenvalue weighted by Crippen LogP contribution is 2.19. The molecule has 0 aliphatic heterocycles. The molecule has 0 fully saturated rings. The predicted octanol–water partition coefficient (Wildman–Crippen LogP) is 0.835. The van der Waals surface area contributed by atoms with Gasteiger partial charge in [0, 0.05) is 5.39 Å². The Morgan fingerprint density at radius 1 is 1.30 bits per heavy atom. The average Bonchev–Trinajstić information content (AvgIpc) is 2.42. The molecule has 0 saturated carbocycles. The van der Waals surface area contributed by atoms with Crippen molar-refractivity contribution in [1.29, 1.82) is 0 Å². The summed E-state index contributed by atoms with van der Waals surface area (Å²) in [7, 11) is 0. The molecule has 0 unspecified atom stereocenters. The largest absolute Gasteiger partial charge is 0.475 e. The summed E-state index contributed by atoms with van der Waals surface area (Å²) in [6, 6.07) is 6.99. The quantitative estimate of drug-likeness (QED) is 0.690. The van der Waals surface area contributed by atoms with Crippen LogP contribution in [0.25, 0.3) is 10.9 Å². The van der Waals surface area contributed by atoms with Gasteiger partial charge in [-0.1, -0.05) is 12.1 Å². The van der Waals surface area contributed by atoms with Gasteiger partial charge in [0.2, 0.25) is 5.82 Å². The van der Waals surface area contributed by atoms with Crippen LogP contribution in [-0.4, -0.2) is 40.3 Å². The van der Waals surface area contributed by atoms with E-state index in [0.717, 1.165) is 0 Å². The first-order valence-electron chi connectivity index (χ1n) is 5.74. The number of nitrogens with zero attached hydrogens (tertiary/aromatic N) is 2. The highest BCUT2D eigenvalue weighted by molar-refractivity contribution is 5.93. The van der Waals surface area contributed by atoms with Gasteiger partial charge >= 0.3 is 12.1 Å². The monoisotopic (exact) mass is 276 g/mol. The van der Waals surface area contributed by atoms with Crippen LogP contribution in [0.15, 0.2) is 24.3 Å². The van der Waals surface area contributed by atoms with Crippen LogP contribution in [0.5, 0.6) is 0 Å². The zero-order valence-corrected chi connectivity index (χ0v) is 10.4. The molecule has 2 aromatic rings. The second-order valence-corrected chi connectivity index (χ2v) is 3.81. The Kier molecular flexibility index (Phi) is 3.94. The molecule has 0 spiro atoms. The van der Waals surface area contributed by atoms with Gasteiger partial charge in [-0.25, -0.2) is 19.6 Å². The molecule has 1 heterocycles. The number of carboxylic acid groups (broad SMARTS) is 1. The van der Waals surface area contributed by atoms with Crippen LogP contribution in [0.3, 0.4) is 0 Å². The Bertz CT molecular complexity index is 659. The highest BCUT2D eigenvalue weighted by atomic mass is 16.5. The van der Waals surface area contributed by atoms with Crippen LogP contribution in [-0.2, 0) is 4.74 Å². The van der Waals surface area contributed by atoms with E-state index in [-0.39, 0.29) is 19.0 Å². The molecule has 20 heavy (non-hydrogen) atoms. The molecule has 0 bridgehead atoms. The fourth-order valence-electron chi connectivity index (χ4n) is 1.63. The lowest BCUT2D eigenvalue weighted by Gasteiger charge is -2.09. The summed E-state index contributed by atoms with van der Waals surface area (Å²) in [6.45, 7) is 0.305. The number of fused-ring (bicyclic) bond motifs is 1. The van der Waals surface area contributed by atoms with E-state index in [9.17, 15) is 9.59 Å². The molecule has 8 heteroatoms. The van der Waals surface area contributed by atoms with Crippen molar-refractivity contribution in [3.05, 3.63) is 30.1 Å². The molecule has 0 radical (unpaired) electrons. The third kappa shape index (κ3) is 3.10. The topological polar surface area (TPSA) is 127 Å². The van der Waals surface area contributed by atoms with E-state index in [0.29, 0.717) is 16.7 Å². The van der Waals surface area contributed by atoms with Crippen molar-refractivity contribution in [2.75, 3.05) is 18.5 Å². The van der Waals surface area contributed by atoms with E-state index in [4.69, 9.17) is 10.8 Å². The number of benzene rings is 1. The number of hydrogen-bond acceptors (Lipinski definition) is 6. The molecule has 4 N–H and O–H groups in total. The summed E-state index contributed by atoms with van der Waals surface area (Å²) >= 11 is 0. The zero-order chi connectivity index (χ0) is 14.5. The second-order valence-electron chi connectivity index (χ2n) is 3.81. The average molecular weight is 276 g/mol. The van der Waals surface area contributed by atoms with E-state index >= 15 is 0 Å². The number of primary amides is 1. The maximum atomic E-state index is 11.0. The predicted molar refractivity (Wildman–Crippen MR) is 70.5 cm³/mol. The number of para-hydroxylation sites is 1. The Balaban J connectivity index is 2.25. The first kappa shape index (κ1) is 13.5. The van der Waals surface area contributed by atoms with Crippen LogP contribution in [0, 0.1) is 0 Å². The number of carbonyl (C=O) groups excluding carboxylic acids is 1. The molecule has 8 nitrogen and oxygen atoms in total. The number of aromatic nitrogens is 2. The van der Waals surface area contributed by atoms with Gasteiger partial charge in [0.25, 0.3) is 0 Å². The van der Waals surface area contributed by atoms with Crippen LogP contribution in [0.2, 0.25) is 0 Å². The first-order chi connectivity index (χ1) is 9.58. The van der Waals surface area contributed by atoms with Gasteiger partial charge in [-0.15, -0.1) is 0 Å². The fraction of sp³-hybridized carbons (Fsp3) is 0.167. The van der Waals surface area contributed by atoms with Crippen molar-refractivity contribution in [1.82, 2.24) is 9.97 Å². The van der Waals surface area contributed by atoms with Crippen molar-refractivity contribution in [2.45, 2.75) is 0 Å². The van der Waals surface area contributed by atoms with E-state index < -0.39 is 12.1 Å². The van der Waals surface area contributed by atoms with E-state index in [1.807, 2.05) is 0 Å². The molecule has 0 aliphatic carbocycles. The molecule has 104 valence electrons. The van der Waals surface area contributed by atoms with Crippen molar-refractivity contribution in [3.8, 4) is 0 Å². The fourth-order valence-corrected chi connectivity index (χ4v) is 1.63. The Hall–Kier alpha value is -2.90. The number of carbonyl (C=O) groups is 2. The number of aromatic carboxylic acids is 1. The SMILES string of the molecule is NC(=O)OCCNc1nc(C(=O)O)nc2ccccc12. The lowest BCUT2D eigenvalue weighted by Crippen LogP contribution is -2.19. The summed E-state index contributed by atoms with van der Waals surface area (Å²) in [4.78, 5) is 29.3. The van der Waals surface area contributed by atoms with Crippen molar-refractivity contribution >= 4 is 28.8 Å². The Labute approximate surface area is 113 Å². The number of hydrogen-bond donors (Lipinski definition) is 3. The number of anilines is 1. The lowest BCUT2D eigenvalue weighted by atomic mass is 10.2. The first-order valence-corrected chi connectivity index (χ1v) is 5.74. The third-order valence-corrected chi connectivity index (χ3v) is 2.43. The van der Waals surface area contributed by atoms with Gasteiger partial charge in [0.15, 0.2) is 0 Å². The minimum Gasteiger partial charge on any atom is -0.475 e. The van der Waals surface area contributed by atoms with Crippen molar-refractivity contribution in [2.24, 2.45) is 5.73 Å². The lowest BCUT2D eigenvalue weighted by molar-refractivity contribution is 0.0684. The molecule has 0 atom stereocenters. The molecule has 1 aromatic heterocycles. The number of nitrogens with two attached hydrogens (primary N) is 1. The van der Waals surface area contributed by atoms with Crippen LogP contribution >= 0.6 is 0 Å². The van der Waals surface area contributed by atoms with E-state index in [2.05, 4.69) is 20.0 Å². The van der Waals surface area contributed by atoms with Gasteiger partial charge in [-0.05, 0) is 12.1 Å². The zero-order valence-electron chi connectivity index (χ0n) is 10.4. The van der Waals surface area contributed by atoms with Gasteiger partial charge in [0.05, 0.1) is 12.1 Å². The minimum absolute atomic E-state index is 0.0517. The molecule has 2 rings (SSSR count). The molecule has 1 amide bonds. The highest BCUT2D eigenvalue weighted by Gasteiger charge is 2.12. The number of amides is 1. The normalized spacial score (nSPS) is 10.2. The molecule has 0 saturated heterocycles. The van der Waals surface area contributed by atoms with Crippen LogP contribution in [0.4, 0.5) is 10.6 Å². The molecule has 0 aliphatic rings. The summed E-state index contributed by atoms with van der Waals surface area (Å²) in [5.74, 6) is -1.16. The summed E-state index contributed by atoms with van der Waals surface area (Å²) in [6.07, 6.45) is -0.870. The Morgan fingerprint density at radius 3 is 2.75 bits per heavy atom. The number of carboxylic acids is 1. The number of nitrogens with one attached hydrogen (secondary N) is 1. The smallest absolute Gasteiger partial charge is 0.404 e. The second kappa shape index (κ2) is 5.83. The summed E-state index contributed by atoms with van der Waals surface area (Å²) in [5, 5.41) is 12.5. The number of ether oxygens (including phenoxy) is 1. The Morgan fingerprint density at radius 2 is 2.05 bits per heavy atom. The van der Waals surface area contributed by atoms with E-state index in [1.165, 1.54) is 0 Å². The third-order valence-electron chi connectivity index (χ3n) is 2.43. The van der Waals surface area contributed by atoms with E-state index in [1.54, 1.807) is 24.3 Å². The maximum absolute atomic E-state index is 11.0. The van der Waals surface area contributed by atoms with Crippen LogP contribution in [0.1, 0.15) is 10.6 Å². The molecular weight excluding hydrogens is 264 g/mol. The minimum atomic E-state index is -1.22. The van der Waals surface area contributed by atoms with Crippen molar-refractivity contribution < 1.29 is 19.4 Å².